The Hall–Kier alpha value is -3.93. The van der Waals surface area contributed by atoms with Crippen LogP contribution in [0, 0.1) is 24.0 Å². The van der Waals surface area contributed by atoms with E-state index < -0.39 is 10.8 Å². The van der Waals surface area contributed by atoms with E-state index in [9.17, 15) is 19.7 Å². The Morgan fingerprint density at radius 1 is 1.09 bits per heavy atom. The van der Waals surface area contributed by atoms with E-state index in [1.807, 2.05) is 32.0 Å². The highest BCUT2D eigenvalue weighted by atomic mass is 32.2. The van der Waals surface area contributed by atoms with Crippen molar-refractivity contribution < 1.29 is 19.2 Å². The Morgan fingerprint density at radius 3 is 2.50 bits per heavy atom. The van der Waals surface area contributed by atoms with Crippen molar-refractivity contribution in [3.05, 3.63) is 69.5 Å². The maximum absolute atomic E-state index is 12.2. The van der Waals surface area contributed by atoms with Crippen LogP contribution in [0.5, 0.6) is 5.75 Å². The van der Waals surface area contributed by atoms with Crippen molar-refractivity contribution in [3.63, 3.8) is 0 Å². The summed E-state index contributed by atoms with van der Waals surface area (Å²) in [6.07, 6.45) is 0. The average molecular weight is 485 g/mol. The minimum Gasteiger partial charge on any atom is -0.483 e. The van der Waals surface area contributed by atoms with Crippen LogP contribution in [-0.2, 0) is 23.2 Å². The molecule has 0 aliphatic heterocycles. The normalized spacial score (nSPS) is 10.6. The third-order valence-electron chi connectivity index (χ3n) is 4.83. The van der Waals surface area contributed by atoms with Crippen molar-refractivity contribution in [2.24, 2.45) is 7.05 Å². The molecule has 0 atom stereocenters. The molecule has 34 heavy (non-hydrogen) atoms. The van der Waals surface area contributed by atoms with Crippen molar-refractivity contribution in [1.29, 1.82) is 0 Å². The molecule has 178 valence electrons. The maximum atomic E-state index is 12.2. The van der Waals surface area contributed by atoms with Gasteiger partial charge < -0.3 is 19.9 Å². The SMILES string of the molecule is Cc1cccc(C)c1OCC(=O)NCc1nnc(SCC(=O)Nc2ccccc2[N+](=O)[O-])n1C. The highest BCUT2D eigenvalue weighted by molar-refractivity contribution is 7.99. The molecule has 0 unspecified atom stereocenters. The predicted octanol–water partition coefficient (Wildman–Crippen LogP) is 2.77. The van der Waals surface area contributed by atoms with Gasteiger partial charge in [-0.25, -0.2) is 0 Å². The number of thioether (sulfide) groups is 1. The molecule has 2 aromatic carbocycles. The molecule has 0 saturated carbocycles. The molecule has 0 fully saturated rings. The van der Waals surface area contributed by atoms with Crippen LogP contribution in [0.25, 0.3) is 0 Å². The Labute approximate surface area is 200 Å². The lowest BCUT2D eigenvalue weighted by Crippen LogP contribution is -2.29. The van der Waals surface area contributed by atoms with E-state index in [1.165, 1.54) is 18.2 Å². The highest BCUT2D eigenvalue weighted by Gasteiger charge is 2.17. The number of nitrogens with one attached hydrogen (secondary N) is 2. The summed E-state index contributed by atoms with van der Waals surface area (Å²) >= 11 is 1.12. The number of ether oxygens (including phenoxy) is 1. The van der Waals surface area contributed by atoms with E-state index in [4.69, 9.17) is 4.74 Å². The van der Waals surface area contributed by atoms with Crippen LogP contribution in [0.3, 0.4) is 0 Å². The molecule has 0 aliphatic rings. The van der Waals surface area contributed by atoms with E-state index in [-0.39, 0.29) is 36.2 Å². The molecule has 1 aromatic heterocycles. The van der Waals surface area contributed by atoms with Gasteiger partial charge in [0.25, 0.3) is 11.6 Å². The summed E-state index contributed by atoms with van der Waals surface area (Å²) in [7, 11) is 1.72. The Bertz CT molecular complexity index is 1190. The monoisotopic (exact) mass is 484 g/mol. The number of carbonyl (C=O) groups is 2. The standard InChI is InChI=1S/C22H24N6O5S/c1-14-7-6-8-15(2)21(14)33-12-19(29)23-11-18-25-26-22(27(18)3)34-13-20(30)24-16-9-4-5-10-17(16)28(31)32/h4-10H,11-13H2,1-3H3,(H,23,29)(H,24,30). The molecule has 11 nitrogen and oxygen atoms in total. The van der Waals surface area contributed by atoms with Crippen LogP contribution in [0.15, 0.2) is 47.6 Å². The molecular formula is C22H24N6O5S. The van der Waals surface area contributed by atoms with Crippen LogP contribution in [-0.4, -0.2) is 43.9 Å². The number of anilines is 1. The summed E-state index contributed by atoms with van der Waals surface area (Å²) in [6, 6.07) is 11.7. The smallest absolute Gasteiger partial charge is 0.292 e. The largest absolute Gasteiger partial charge is 0.483 e. The van der Waals surface area contributed by atoms with Gasteiger partial charge in [0.15, 0.2) is 17.6 Å². The van der Waals surface area contributed by atoms with Gasteiger partial charge in [-0.1, -0.05) is 42.1 Å². The number of para-hydroxylation sites is 3. The van der Waals surface area contributed by atoms with Crippen LogP contribution in [0.1, 0.15) is 17.0 Å². The highest BCUT2D eigenvalue weighted by Crippen LogP contribution is 2.24. The Balaban J connectivity index is 1.48. The Kier molecular flexibility index (Phi) is 8.19. The fourth-order valence-electron chi connectivity index (χ4n) is 3.07. The van der Waals surface area contributed by atoms with Crippen LogP contribution < -0.4 is 15.4 Å². The molecule has 0 saturated heterocycles. The number of rotatable bonds is 10. The van der Waals surface area contributed by atoms with Gasteiger partial charge in [0.05, 0.1) is 17.2 Å². The van der Waals surface area contributed by atoms with E-state index in [2.05, 4.69) is 20.8 Å². The average Bonchev–Trinajstić information content (AvgIpc) is 3.15. The summed E-state index contributed by atoms with van der Waals surface area (Å²) in [5.74, 6) is 0.453. The zero-order chi connectivity index (χ0) is 24.7. The molecule has 2 N–H and O–H groups in total. The number of nitrogens with zero attached hydrogens (tertiary/aromatic N) is 4. The third-order valence-corrected chi connectivity index (χ3v) is 5.85. The van der Waals surface area contributed by atoms with Crippen molar-refractivity contribution in [2.45, 2.75) is 25.5 Å². The summed E-state index contributed by atoms with van der Waals surface area (Å²) in [5.41, 5.74) is 1.85. The Morgan fingerprint density at radius 2 is 1.79 bits per heavy atom. The number of hydrogen-bond donors (Lipinski definition) is 2. The summed E-state index contributed by atoms with van der Waals surface area (Å²) in [4.78, 5) is 35.0. The van der Waals surface area contributed by atoms with Crippen molar-refractivity contribution in [1.82, 2.24) is 20.1 Å². The van der Waals surface area contributed by atoms with Crippen LogP contribution >= 0.6 is 11.8 Å². The lowest BCUT2D eigenvalue weighted by atomic mass is 10.1. The van der Waals surface area contributed by atoms with Gasteiger partial charge in [-0.05, 0) is 31.0 Å². The van der Waals surface area contributed by atoms with Gasteiger partial charge >= 0.3 is 0 Å². The predicted molar refractivity (Wildman–Crippen MR) is 127 cm³/mol. The minimum atomic E-state index is -0.556. The number of aromatic nitrogens is 3. The zero-order valence-corrected chi connectivity index (χ0v) is 19.7. The van der Waals surface area contributed by atoms with Crippen LogP contribution in [0.2, 0.25) is 0 Å². The quantitative estimate of drug-likeness (QED) is 0.254. The number of benzene rings is 2. The van der Waals surface area contributed by atoms with E-state index in [1.54, 1.807) is 17.7 Å². The van der Waals surface area contributed by atoms with Gasteiger partial charge in [-0.3, -0.25) is 19.7 Å². The number of nitro benzene ring substituents is 1. The number of nitro groups is 1. The summed E-state index contributed by atoms with van der Waals surface area (Å²) in [6.45, 7) is 3.85. The second-order valence-electron chi connectivity index (χ2n) is 7.36. The second kappa shape index (κ2) is 11.3. The fraction of sp³-hybridized carbons (Fsp3) is 0.273. The fourth-order valence-corrected chi connectivity index (χ4v) is 3.80. The number of aryl methyl sites for hydroxylation is 2. The van der Waals surface area contributed by atoms with Gasteiger partial charge in [-0.15, -0.1) is 10.2 Å². The second-order valence-corrected chi connectivity index (χ2v) is 8.30. The van der Waals surface area contributed by atoms with Gasteiger partial charge in [-0.2, -0.15) is 0 Å². The minimum absolute atomic E-state index is 0.0198. The van der Waals surface area contributed by atoms with E-state index in [0.717, 1.165) is 22.9 Å². The number of carbonyl (C=O) groups excluding carboxylic acids is 2. The van der Waals surface area contributed by atoms with Gasteiger partial charge in [0.1, 0.15) is 11.4 Å². The summed E-state index contributed by atoms with van der Waals surface area (Å²) < 4.78 is 7.31. The van der Waals surface area contributed by atoms with Crippen molar-refractivity contribution in [2.75, 3.05) is 17.7 Å². The first kappa shape index (κ1) is 24.7. The molecule has 1 heterocycles. The molecular weight excluding hydrogens is 460 g/mol. The molecule has 2 amide bonds. The molecule has 12 heteroatoms. The molecule has 0 spiro atoms. The number of amides is 2. The van der Waals surface area contributed by atoms with E-state index in [0.29, 0.717) is 16.7 Å². The topological polar surface area (TPSA) is 141 Å². The number of hydrogen-bond acceptors (Lipinski definition) is 8. The van der Waals surface area contributed by atoms with Gasteiger partial charge in [0, 0.05) is 13.1 Å². The molecule has 3 aromatic rings. The molecule has 0 radical (unpaired) electrons. The zero-order valence-electron chi connectivity index (χ0n) is 18.9. The summed E-state index contributed by atoms with van der Waals surface area (Å²) in [5, 5.41) is 24.9. The van der Waals surface area contributed by atoms with Crippen molar-refractivity contribution in [3.8, 4) is 5.75 Å². The maximum Gasteiger partial charge on any atom is 0.292 e. The molecule has 3 rings (SSSR count). The first-order valence-corrected chi connectivity index (χ1v) is 11.2. The lowest BCUT2D eigenvalue weighted by molar-refractivity contribution is -0.383. The first-order chi connectivity index (χ1) is 16.3. The molecule has 0 aliphatic carbocycles. The lowest BCUT2D eigenvalue weighted by Gasteiger charge is -2.12. The molecule has 0 bridgehead atoms. The van der Waals surface area contributed by atoms with Crippen molar-refractivity contribution >= 4 is 35.0 Å². The van der Waals surface area contributed by atoms with Crippen LogP contribution in [0.4, 0.5) is 11.4 Å². The van der Waals surface area contributed by atoms with E-state index >= 15 is 0 Å². The first-order valence-electron chi connectivity index (χ1n) is 10.3. The third kappa shape index (κ3) is 6.32. The van der Waals surface area contributed by atoms with Gasteiger partial charge in [0.2, 0.25) is 5.91 Å².